The lowest BCUT2D eigenvalue weighted by Gasteiger charge is -2.15. The van der Waals surface area contributed by atoms with E-state index in [1.807, 2.05) is 18.2 Å². The molecule has 0 atom stereocenters. The lowest BCUT2D eigenvalue weighted by molar-refractivity contribution is 0.112. The van der Waals surface area contributed by atoms with Gasteiger partial charge in [0.25, 0.3) is 0 Å². The van der Waals surface area contributed by atoms with Crippen molar-refractivity contribution in [2.24, 2.45) is 0 Å². The van der Waals surface area contributed by atoms with Gasteiger partial charge in [-0.05, 0) is 111 Å². The molecule has 4 rings (SSSR count). The first kappa shape index (κ1) is 25.1. The Morgan fingerprint density at radius 2 is 0.906 bits per heavy atom. The van der Waals surface area contributed by atoms with Gasteiger partial charge in [-0.2, -0.15) is 0 Å². The zero-order chi connectivity index (χ0) is 23.8. The number of aryl methyl sites for hydroxylation is 2. The molecule has 32 heavy (non-hydrogen) atoms. The maximum atomic E-state index is 10.0. The standard InChI is InChI=1S/C12H12.C12H18.C7H6O/c1-9-7-8-11-5-3-4-6-12(11)10(9)2;1-7-8(2)10(4)12(6)11(5)9(7)3;8-6-7-4-2-1-3-5-7/h3-8H,1-2H3;1-6H3;1-6H. The summed E-state index contributed by atoms with van der Waals surface area (Å²) in [6.07, 6.45) is 0.833. The Labute approximate surface area is 194 Å². The van der Waals surface area contributed by atoms with Crippen molar-refractivity contribution in [3.63, 3.8) is 0 Å². The largest absolute Gasteiger partial charge is 0.298 e. The molecular weight excluding hydrogens is 388 g/mol. The zero-order valence-corrected chi connectivity index (χ0v) is 20.8. The lowest BCUT2D eigenvalue weighted by Crippen LogP contribution is -1.98. The molecule has 1 nitrogen and oxygen atoms in total. The number of aldehydes is 1. The van der Waals surface area contributed by atoms with E-state index in [2.05, 4.69) is 91.8 Å². The molecule has 0 amide bonds. The molecule has 0 fully saturated rings. The maximum Gasteiger partial charge on any atom is 0.150 e. The van der Waals surface area contributed by atoms with Crippen LogP contribution in [0.2, 0.25) is 0 Å². The molecule has 0 saturated carbocycles. The molecule has 0 N–H and O–H groups in total. The average Bonchev–Trinajstić information content (AvgIpc) is 2.84. The van der Waals surface area contributed by atoms with E-state index in [0.717, 1.165) is 11.8 Å². The fourth-order valence-electron chi connectivity index (χ4n) is 3.76. The van der Waals surface area contributed by atoms with Crippen LogP contribution in [-0.4, -0.2) is 6.29 Å². The first-order valence-electron chi connectivity index (χ1n) is 11.2. The molecule has 0 aliphatic heterocycles. The highest BCUT2D eigenvalue weighted by atomic mass is 16.1. The SMILES string of the molecule is Cc1c(C)c(C)c(C)c(C)c1C.Cc1ccc2ccccc2c1C.O=Cc1ccccc1. The molecule has 4 aromatic rings. The molecule has 0 saturated heterocycles. The Kier molecular flexibility index (Phi) is 8.96. The van der Waals surface area contributed by atoms with Crippen LogP contribution in [0.5, 0.6) is 0 Å². The molecule has 0 bridgehead atoms. The number of rotatable bonds is 1. The molecule has 0 aliphatic rings. The van der Waals surface area contributed by atoms with E-state index in [1.165, 1.54) is 55.3 Å². The van der Waals surface area contributed by atoms with Crippen molar-refractivity contribution in [2.45, 2.75) is 55.4 Å². The van der Waals surface area contributed by atoms with Gasteiger partial charge in [-0.25, -0.2) is 0 Å². The number of hydrogen-bond acceptors (Lipinski definition) is 1. The topological polar surface area (TPSA) is 17.1 Å². The molecule has 0 heterocycles. The van der Waals surface area contributed by atoms with Crippen molar-refractivity contribution in [2.75, 3.05) is 0 Å². The summed E-state index contributed by atoms with van der Waals surface area (Å²) in [4.78, 5) is 10.0. The molecule has 0 spiro atoms. The lowest BCUT2D eigenvalue weighted by atomic mass is 9.90. The Bertz CT molecular complexity index is 1100. The second-order valence-corrected chi connectivity index (χ2v) is 8.51. The summed E-state index contributed by atoms with van der Waals surface area (Å²) in [5.41, 5.74) is 12.2. The first-order chi connectivity index (χ1) is 15.2. The van der Waals surface area contributed by atoms with Crippen LogP contribution in [0.4, 0.5) is 0 Å². The second-order valence-electron chi connectivity index (χ2n) is 8.51. The van der Waals surface area contributed by atoms with Crippen LogP contribution in [0.3, 0.4) is 0 Å². The molecule has 0 aromatic heterocycles. The summed E-state index contributed by atoms with van der Waals surface area (Å²) in [6.45, 7) is 17.6. The third kappa shape index (κ3) is 5.95. The van der Waals surface area contributed by atoms with Gasteiger partial charge in [-0.1, -0.05) is 66.7 Å². The van der Waals surface area contributed by atoms with Crippen molar-refractivity contribution in [3.8, 4) is 0 Å². The van der Waals surface area contributed by atoms with Crippen molar-refractivity contribution in [1.82, 2.24) is 0 Å². The monoisotopic (exact) mass is 424 g/mol. The third-order valence-corrected chi connectivity index (χ3v) is 6.78. The van der Waals surface area contributed by atoms with Crippen molar-refractivity contribution >= 4 is 17.1 Å². The van der Waals surface area contributed by atoms with Gasteiger partial charge in [0.2, 0.25) is 0 Å². The van der Waals surface area contributed by atoms with Gasteiger partial charge in [0.1, 0.15) is 6.29 Å². The Balaban J connectivity index is 0.000000174. The van der Waals surface area contributed by atoms with E-state index < -0.39 is 0 Å². The summed E-state index contributed by atoms with van der Waals surface area (Å²) in [5, 5.41) is 2.71. The summed E-state index contributed by atoms with van der Waals surface area (Å²) < 4.78 is 0. The van der Waals surface area contributed by atoms with Gasteiger partial charge in [0.15, 0.2) is 0 Å². The predicted octanol–water partition coefficient (Wildman–Crippen LogP) is 8.49. The molecule has 1 heteroatoms. The predicted molar refractivity (Wildman–Crippen MR) is 140 cm³/mol. The molecule has 0 aliphatic carbocycles. The van der Waals surface area contributed by atoms with E-state index in [9.17, 15) is 4.79 Å². The van der Waals surface area contributed by atoms with Crippen LogP contribution in [-0.2, 0) is 0 Å². The first-order valence-corrected chi connectivity index (χ1v) is 11.2. The minimum atomic E-state index is 0.729. The fourth-order valence-corrected chi connectivity index (χ4v) is 3.76. The highest BCUT2D eigenvalue weighted by Gasteiger charge is 2.07. The molecule has 0 unspecified atom stereocenters. The van der Waals surface area contributed by atoms with E-state index in [0.29, 0.717) is 0 Å². The van der Waals surface area contributed by atoms with Gasteiger partial charge < -0.3 is 0 Å². The van der Waals surface area contributed by atoms with Crippen molar-refractivity contribution < 1.29 is 4.79 Å². The highest BCUT2D eigenvalue weighted by Crippen LogP contribution is 2.24. The Morgan fingerprint density at radius 1 is 0.469 bits per heavy atom. The van der Waals surface area contributed by atoms with Crippen LogP contribution >= 0.6 is 0 Å². The molecule has 4 aromatic carbocycles. The van der Waals surface area contributed by atoms with Crippen molar-refractivity contribution in [1.29, 1.82) is 0 Å². The number of fused-ring (bicyclic) bond motifs is 1. The maximum absolute atomic E-state index is 10.0. The minimum Gasteiger partial charge on any atom is -0.298 e. The highest BCUT2D eigenvalue weighted by molar-refractivity contribution is 5.86. The second kappa shape index (κ2) is 11.4. The third-order valence-electron chi connectivity index (χ3n) is 6.78. The molecule has 166 valence electrons. The summed E-state index contributed by atoms with van der Waals surface area (Å²) in [5.74, 6) is 0. The number of benzene rings is 4. The van der Waals surface area contributed by atoms with Crippen LogP contribution < -0.4 is 0 Å². The zero-order valence-electron chi connectivity index (χ0n) is 20.8. The Hall–Kier alpha value is -3.19. The normalized spacial score (nSPS) is 10.0. The van der Waals surface area contributed by atoms with E-state index in [1.54, 1.807) is 12.1 Å². The summed E-state index contributed by atoms with van der Waals surface area (Å²) >= 11 is 0. The van der Waals surface area contributed by atoms with Crippen LogP contribution in [0.15, 0.2) is 66.7 Å². The van der Waals surface area contributed by atoms with E-state index >= 15 is 0 Å². The van der Waals surface area contributed by atoms with Crippen LogP contribution in [0, 0.1) is 55.4 Å². The quantitative estimate of drug-likeness (QED) is 0.280. The van der Waals surface area contributed by atoms with Crippen LogP contribution in [0.25, 0.3) is 10.8 Å². The van der Waals surface area contributed by atoms with E-state index in [-0.39, 0.29) is 0 Å². The number of carbonyl (C=O) groups is 1. The molecular formula is C31H36O. The average molecular weight is 425 g/mol. The molecule has 0 radical (unpaired) electrons. The van der Waals surface area contributed by atoms with Gasteiger partial charge >= 0.3 is 0 Å². The number of hydrogen-bond donors (Lipinski definition) is 0. The van der Waals surface area contributed by atoms with Crippen molar-refractivity contribution in [3.05, 3.63) is 117 Å². The Morgan fingerprint density at radius 3 is 1.34 bits per heavy atom. The fraction of sp³-hybridized carbons (Fsp3) is 0.258. The smallest absolute Gasteiger partial charge is 0.150 e. The van der Waals surface area contributed by atoms with Gasteiger partial charge in [0, 0.05) is 5.56 Å². The van der Waals surface area contributed by atoms with E-state index in [4.69, 9.17) is 0 Å². The van der Waals surface area contributed by atoms with Gasteiger partial charge in [0.05, 0.1) is 0 Å². The summed E-state index contributed by atoms with van der Waals surface area (Å²) in [6, 6.07) is 22.0. The minimum absolute atomic E-state index is 0.729. The van der Waals surface area contributed by atoms with Crippen LogP contribution in [0.1, 0.15) is 54.9 Å². The number of carbonyl (C=O) groups excluding carboxylic acids is 1. The van der Waals surface area contributed by atoms with Gasteiger partial charge in [-0.15, -0.1) is 0 Å². The summed E-state index contributed by atoms with van der Waals surface area (Å²) in [7, 11) is 0. The van der Waals surface area contributed by atoms with Gasteiger partial charge in [-0.3, -0.25) is 4.79 Å².